The fourth-order valence-electron chi connectivity index (χ4n) is 4.00. The standard InChI is InChI=1S/C26H27F3N2O3/c1-2-3-4-12-31(25(32)20-10-11-23-24(15-20)34-18-33-23)17-22-9-6-13-30(22)16-19-7-5-8-21(14-19)26(27,28)29/h5-11,13-15H,2-4,12,16-18H2,1H3. The first-order chi connectivity index (χ1) is 16.3. The number of amides is 1. The molecule has 1 amide bonds. The molecule has 0 atom stereocenters. The fourth-order valence-corrected chi connectivity index (χ4v) is 4.00. The van der Waals surface area contributed by atoms with Crippen LogP contribution in [0.25, 0.3) is 0 Å². The highest BCUT2D eigenvalue weighted by Crippen LogP contribution is 2.33. The monoisotopic (exact) mass is 472 g/mol. The van der Waals surface area contributed by atoms with Gasteiger partial charge >= 0.3 is 6.18 Å². The predicted molar refractivity (Wildman–Crippen MR) is 122 cm³/mol. The summed E-state index contributed by atoms with van der Waals surface area (Å²) in [7, 11) is 0. The fraction of sp³-hybridized carbons (Fsp3) is 0.346. The number of hydrogen-bond acceptors (Lipinski definition) is 3. The highest BCUT2D eigenvalue weighted by molar-refractivity contribution is 5.95. The summed E-state index contributed by atoms with van der Waals surface area (Å²) in [5.41, 5.74) is 1.24. The molecular formula is C26H27F3N2O3. The number of unbranched alkanes of at least 4 members (excludes halogenated alkanes) is 2. The van der Waals surface area contributed by atoms with Gasteiger partial charge in [-0.2, -0.15) is 13.2 Å². The van der Waals surface area contributed by atoms with Crippen LogP contribution in [0.15, 0.2) is 60.8 Å². The Labute approximate surface area is 196 Å². The van der Waals surface area contributed by atoms with Gasteiger partial charge in [-0.25, -0.2) is 0 Å². The molecular weight excluding hydrogens is 445 g/mol. The third-order valence-corrected chi connectivity index (χ3v) is 5.82. The zero-order valence-electron chi connectivity index (χ0n) is 19.0. The first-order valence-electron chi connectivity index (χ1n) is 11.3. The first-order valence-corrected chi connectivity index (χ1v) is 11.3. The number of halogens is 3. The molecule has 1 aliphatic heterocycles. The van der Waals surface area contributed by atoms with Crippen molar-refractivity contribution in [3.05, 3.63) is 83.2 Å². The molecule has 0 saturated carbocycles. The number of aromatic nitrogens is 1. The largest absolute Gasteiger partial charge is 0.454 e. The van der Waals surface area contributed by atoms with E-state index in [0.717, 1.165) is 31.0 Å². The lowest BCUT2D eigenvalue weighted by Crippen LogP contribution is -2.32. The van der Waals surface area contributed by atoms with Gasteiger partial charge in [-0.3, -0.25) is 4.79 Å². The molecule has 5 nitrogen and oxygen atoms in total. The molecule has 34 heavy (non-hydrogen) atoms. The van der Waals surface area contributed by atoms with E-state index in [-0.39, 0.29) is 19.2 Å². The lowest BCUT2D eigenvalue weighted by molar-refractivity contribution is -0.137. The van der Waals surface area contributed by atoms with E-state index in [1.807, 2.05) is 22.9 Å². The van der Waals surface area contributed by atoms with Crippen LogP contribution >= 0.6 is 0 Å². The molecule has 1 aliphatic rings. The van der Waals surface area contributed by atoms with E-state index in [2.05, 4.69) is 6.92 Å². The maximum Gasteiger partial charge on any atom is 0.416 e. The van der Waals surface area contributed by atoms with Crippen LogP contribution in [-0.2, 0) is 19.3 Å². The molecule has 3 aromatic rings. The minimum absolute atomic E-state index is 0.124. The van der Waals surface area contributed by atoms with Crippen molar-refractivity contribution in [2.45, 2.75) is 45.5 Å². The van der Waals surface area contributed by atoms with Crippen molar-refractivity contribution in [1.29, 1.82) is 0 Å². The maximum atomic E-state index is 13.4. The van der Waals surface area contributed by atoms with Crippen molar-refractivity contribution in [3.63, 3.8) is 0 Å². The molecule has 0 radical (unpaired) electrons. The van der Waals surface area contributed by atoms with Gasteiger partial charge in [0.05, 0.1) is 12.1 Å². The Bertz CT molecular complexity index is 1140. The Morgan fingerprint density at radius 2 is 1.85 bits per heavy atom. The highest BCUT2D eigenvalue weighted by Gasteiger charge is 2.30. The predicted octanol–water partition coefficient (Wildman–Crippen LogP) is 6.12. The van der Waals surface area contributed by atoms with Gasteiger partial charge in [-0.15, -0.1) is 0 Å². The van der Waals surface area contributed by atoms with Gasteiger partial charge in [-0.05, 0) is 54.4 Å². The maximum absolute atomic E-state index is 13.4. The number of nitrogens with zero attached hydrogens (tertiary/aromatic N) is 2. The van der Waals surface area contributed by atoms with E-state index in [9.17, 15) is 18.0 Å². The van der Waals surface area contributed by atoms with Gasteiger partial charge in [0, 0.05) is 30.5 Å². The number of benzene rings is 2. The third kappa shape index (κ3) is 5.55. The average Bonchev–Trinajstić information content (AvgIpc) is 3.46. The lowest BCUT2D eigenvalue weighted by Gasteiger charge is -2.24. The van der Waals surface area contributed by atoms with E-state index in [0.29, 0.717) is 35.7 Å². The smallest absolute Gasteiger partial charge is 0.416 e. The van der Waals surface area contributed by atoms with E-state index >= 15 is 0 Å². The zero-order chi connectivity index (χ0) is 24.1. The molecule has 8 heteroatoms. The van der Waals surface area contributed by atoms with Gasteiger partial charge in [-0.1, -0.05) is 31.9 Å². The van der Waals surface area contributed by atoms with Crippen molar-refractivity contribution >= 4 is 5.91 Å². The summed E-state index contributed by atoms with van der Waals surface area (Å²) in [4.78, 5) is 15.2. The molecule has 180 valence electrons. The summed E-state index contributed by atoms with van der Waals surface area (Å²) >= 11 is 0. The molecule has 2 heterocycles. The Hall–Kier alpha value is -3.42. The molecule has 0 bridgehead atoms. The molecule has 0 fully saturated rings. The van der Waals surface area contributed by atoms with Crippen LogP contribution in [0.2, 0.25) is 0 Å². The summed E-state index contributed by atoms with van der Waals surface area (Å²) in [5.74, 6) is 1.04. The van der Waals surface area contributed by atoms with Crippen LogP contribution in [0, 0.1) is 0 Å². The van der Waals surface area contributed by atoms with Crippen LogP contribution in [0.4, 0.5) is 13.2 Å². The van der Waals surface area contributed by atoms with Gasteiger partial charge < -0.3 is 18.9 Å². The Kier molecular flexibility index (Phi) is 7.14. The Morgan fingerprint density at radius 1 is 1.03 bits per heavy atom. The number of fused-ring (bicyclic) bond motifs is 1. The van der Waals surface area contributed by atoms with Gasteiger partial charge in [0.2, 0.25) is 6.79 Å². The SMILES string of the molecule is CCCCCN(Cc1cccn1Cc1cccc(C(F)(F)F)c1)C(=O)c1ccc2c(c1)OCO2. The van der Waals surface area contributed by atoms with Crippen molar-refractivity contribution in [2.24, 2.45) is 0 Å². The Balaban J connectivity index is 1.53. The molecule has 0 aliphatic carbocycles. The number of hydrogen-bond donors (Lipinski definition) is 0. The molecule has 0 spiro atoms. The summed E-state index contributed by atoms with van der Waals surface area (Å²) < 4.78 is 52.0. The third-order valence-electron chi connectivity index (χ3n) is 5.82. The number of rotatable bonds is 9. The number of alkyl halides is 3. The minimum Gasteiger partial charge on any atom is -0.454 e. The summed E-state index contributed by atoms with van der Waals surface area (Å²) in [5, 5.41) is 0. The molecule has 1 aromatic heterocycles. The molecule has 0 saturated heterocycles. The zero-order valence-corrected chi connectivity index (χ0v) is 19.0. The van der Waals surface area contributed by atoms with Crippen LogP contribution < -0.4 is 9.47 Å². The summed E-state index contributed by atoms with van der Waals surface area (Å²) in [6.07, 6.45) is 0.322. The summed E-state index contributed by atoms with van der Waals surface area (Å²) in [6.45, 7) is 3.45. The van der Waals surface area contributed by atoms with E-state index in [1.54, 1.807) is 29.2 Å². The lowest BCUT2D eigenvalue weighted by atomic mass is 10.1. The van der Waals surface area contributed by atoms with Crippen molar-refractivity contribution in [2.75, 3.05) is 13.3 Å². The second kappa shape index (κ2) is 10.2. The van der Waals surface area contributed by atoms with Gasteiger partial charge in [0.1, 0.15) is 0 Å². The molecule has 0 unspecified atom stereocenters. The highest BCUT2D eigenvalue weighted by atomic mass is 19.4. The minimum atomic E-state index is -4.39. The normalized spacial score (nSPS) is 12.7. The van der Waals surface area contributed by atoms with E-state index in [4.69, 9.17) is 9.47 Å². The average molecular weight is 473 g/mol. The second-order valence-electron chi connectivity index (χ2n) is 8.33. The second-order valence-corrected chi connectivity index (χ2v) is 8.33. The molecule has 4 rings (SSSR count). The first kappa shape index (κ1) is 23.7. The van der Waals surface area contributed by atoms with Crippen LogP contribution in [-0.4, -0.2) is 28.7 Å². The van der Waals surface area contributed by atoms with E-state index < -0.39 is 11.7 Å². The van der Waals surface area contributed by atoms with E-state index in [1.165, 1.54) is 12.1 Å². The number of carbonyl (C=O) groups is 1. The quantitative estimate of drug-likeness (QED) is 0.353. The number of ether oxygens (including phenoxy) is 2. The van der Waals surface area contributed by atoms with Crippen LogP contribution in [0.5, 0.6) is 11.5 Å². The van der Waals surface area contributed by atoms with Crippen molar-refractivity contribution < 1.29 is 27.4 Å². The van der Waals surface area contributed by atoms with Gasteiger partial charge in [0.25, 0.3) is 5.91 Å². The summed E-state index contributed by atoms with van der Waals surface area (Å²) in [6, 6.07) is 14.2. The van der Waals surface area contributed by atoms with Gasteiger partial charge in [0.15, 0.2) is 11.5 Å². The van der Waals surface area contributed by atoms with Crippen molar-refractivity contribution in [1.82, 2.24) is 9.47 Å². The molecule has 0 N–H and O–H groups in total. The topological polar surface area (TPSA) is 43.7 Å². The van der Waals surface area contributed by atoms with Crippen LogP contribution in [0.3, 0.4) is 0 Å². The van der Waals surface area contributed by atoms with Crippen molar-refractivity contribution in [3.8, 4) is 11.5 Å². The molecule has 2 aromatic carbocycles. The van der Waals surface area contributed by atoms with Crippen LogP contribution in [0.1, 0.15) is 53.4 Å². The Morgan fingerprint density at radius 3 is 2.65 bits per heavy atom. The number of carbonyl (C=O) groups excluding carboxylic acids is 1.